The lowest BCUT2D eigenvalue weighted by Crippen LogP contribution is -2.16. The number of nitrogens with two attached hydrogens (primary N) is 1. The lowest BCUT2D eigenvalue weighted by atomic mass is 10.1. The summed E-state index contributed by atoms with van der Waals surface area (Å²) in [5.74, 6) is -0.625. The highest BCUT2D eigenvalue weighted by atomic mass is 16.6. The van der Waals surface area contributed by atoms with Crippen molar-refractivity contribution in [3.05, 3.63) is 21.4 Å². The van der Waals surface area contributed by atoms with Crippen LogP contribution in [0.25, 0.3) is 0 Å². The van der Waals surface area contributed by atoms with Crippen molar-refractivity contribution < 1.29 is 14.5 Å². The summed E-state index contributed by atoms with van der Waals surface area (Å²) < 4.78 is 4.86. The zero-order valence-corrected chi connectivity index (χ0v) is 12.4. The molecule has 0 aliphatic heterocycles. The fourth-order valence-electron chi connectivity index (χ4n) is 1.87. The van der Waals surface area contributed by atoms with Gasteiger partial charge in [-0.2, -0.15) is 0 Å². The minimum Gasteiger partial charge on any atom is -0.462 e. The van der Waals surface area contributed by atoms with Crippen LogP contribution in [-0.2, 0) is 4.74 Å². The summed E-state index contributed by atoms with van der Waals surface area (Å²) in [4.78, 5) is 26.5. The topological polar surface area (TPSA) is 120 Å². The molecule has 0 aliphatic carbocycles. The highest BCUT2D eigenvalue weighted by Crippen LogP contribution is 2.34. The van der Waals surface area contributed by atoms with E-state index in [1.807, 2.05) is 6.92 Å². The van der Waals surface area contributed by atoms with Gasteiger partial charge in [0.1, 0.15) is 11.3 Å². The molecule has 3 N–H and O–H groups in total. The van der Waals surface area contributed by atoms with Gasteiger partial charge in [0.2, 0.25) is 5.82 Å². The molecule has 0 radical (unpaired) electrons. The summed E-state index contributed by atoms with van der Waals surface area (Å²) in [6.07, 6.45) is 1.79. The van der Waals surface area contributed by atoms with E-state index in [1.165, 1.54) is 0 Å². The van der Waals surface area contributed by atoms with Crippen LogP contribution in [0, 0.1) is 17.0 Å². The number of hydrogen-bond donors (Lipinski definition) is 2. The fourth-order valence-corrected chi connectivity index (χ4v) is 1.87. The highest BCUT2D eigenvalue weighted by molar-refractivity contribution is 6.00. The number of pyridine rings is 1. The third-order valence-corrected chi connectivity index (χ3v) is 2.87. The molecular formula is C13H20N4O4. The van der Waals surface area contributed by atoms with Crippen molar-refractivity contribution in [1.82, 2.24) is 4.98 Å². The minimum absolute atomic E-state index is 0.0513. The molecule has 1 aromatic heterocycles. The number of esters is 1. The van der Waals surface area contributed by atoms with Gasteiger partial charge in [0, 0.05) is 6.54 Å². The third kappa shape index (κ3) is 3.80. The van der Waals surface area contributed by atoms with Crippen LogP contribution in [0.15, 0.2) is 0 Å². The van der Waals surface area contributed by atoms with E-state index in [0.29, 0.717) is 12.2 Å². The van der Waals surface area contributed by atoms with Crippen molar-refractivity contribution in [2.75, 3.05) is 24.2 Å². The van der Waals surface area contributed by atoms with Gasteiger partial charge in [0.25, 0.3) is 0 Å². The number of anilines is 2. The summed E-state index contributed by atoms with van der Waals surface area (Å²) in [6.45, 7) is 5.92. The fraction of sp³-hybridized carbons (Fsp3) is 0.538. The standard InChI is InChI=1S/C13H20N4O4/c1-4-6-7-15-12-11(17(19)20)10(14)9(8(3)16-12)13(18)21-5-2/h4-7H2,1-3H3,(H3,14,15,16). The van der Waals surface area contributed by atoms with Gasteiger partial charge in [-0.1, -0.05) is 13.3 Å². The van der Waals surface area contributed by atoms with Crippen LogP contribution < -0.4 is 11.1 Å². The first-order chi connectivity index (χ1) is 9.93. The van der Waals surface area contributed by atoms with Gasteiger partial charge in [-0.3, -0.25) is 10.1 Å². The Balaban J connectivity index is 3.30. The van der Waals surface area contributed by atoms with Crippen molar-refractivity contribution >= 4 is 23.2 Å². The van der Waals surface area contributed by atoms with Crippen LogP contribution in [0.5, 0.6) is 0 Å². The second-order valence-electron chi connectivity index (χ2n) is 4.44. The SMILES string of the molecule is CCCCNc1nc(C)c(C(=O)OCC)c(N)c1[N+](=O)[O-]. The van der Waals surface area contributed by atoms with Crippen LogP contribution >= 0.6 is 0 Å². The number of nitro groups is 1. The molecule has 0 unspecified atom stereocenters. The molecule has 1 heterocycles. The molecule has 1 rings (SSSR count). The van der Waals surface area contributed by atoms with Gasteiger partial charge < -0.3 is 15.8 Å². The Hall–Kier alpha value is -2.38. The second kappa shape index (κ2) is 7.41. The summed E-state index contributed by atoms with van der Waals surface area (Å²) in [7, 11) is 0. The van der Waals surface area contributed by atoms with E-state index in [9.17, 15) is 14.9 Å². The number of rotatable bonds is 7. The summed E-state index contributed by atoms with van der Waals surface area (Å²) >= 11 is 0. The van der Waals surface area contributed by atoms with E-state index in [2.05, 4.69) is 10.3 Å². The Labute approximate surface area is 122 Å². The van der Waals surface area contributed by atoms with Crippen LogP contribution in [0.1, 0.15) is 42.7 Å². The highest BCUT2D eigenvalue weighted by Gasteiger charge is 2.28. The Bertz CT molecular complexity index is 545. The molecule has 0 saturated heterocycles. The summed E-state index contributed by atoms with van der Waals surface area (Å²) in [5, 5.41) is 14.1. The molecule has 0 aliphatic rings. The van der Waals surface area contributed by atoms with Gasteiger partial charge >= 0.3 is 11.7 Å². The normalized spacial score (nSPS) is 10.2. The molecule has 0 bridgehead atoms. The van der Waals surface area contributed by atoms with Gasteiger partial charge in [0.15, 0.2) is 0 Å². The van der Waals surface area contributed by atoms with E-state index in [4.69, 9.17) is 10.5 Å². The maximum absolute atomic E-state index is 11.8. The van der Waals surface area contributed by atoms with E-state index >= 15 is 0 Å². The minimum atomic E-state index is -0.705. The Kier molecular flexibility index (Phi) is 5.89. The van der Waals surface area contributed by atoms with Crippen molar-refractivity contribution in [2.24, 2.45) is 0 Å². The maximum Gasteiger partial charge on any atom is 0.342 e. The molecule has 0 spiro atoms. The number of unbranched alkanes of at least 4 members (excludes halogenated alkanes) is 1. The van der Waals surface area contributed by atoms with Gasteiger partial charge in [-0.15, -0.1) is 0 Å². The van der Waals surface area contributed by atoms with Gasteiger partial charge in [-0.05, 0) is 20.3 Å². The van der Waals surface area contributed by atoms with E-state index in [1.54, 1.807) is 13.8 Å². The zero-order chi connectivity index (χ0) is 16.0. The summed E-state index contributed by atoms with van der Waals surface area (Å²) in [6, 6.07) is 0. The quantitative estimate of drug-likeness (QED) is 0.342. The number of nitrogens with one attached hydrogen (secondary N) is 1. The van der Waals surface area contributed by atoms with Gasteiger partial charge in [-0.25, -0.2) is 9.78 Å². The zero-order valence-electron chi connectivity index (χ0n) is 12.4. The molecule has 0 aromatic carbocycles. The summed E-state index contributed by atoms with van der Waals surface area (Å²) in [5.41, 5.74) is 5.44. The maximum atomic E-state index is 11.8. The predicted octanol–water partition coefficient (Wildman–Crippen LogP) is 2.27. The molecular weight excluding hydrogens is 276 g/mol. The number of carbonyl (C=O) groups is 1. The van der Waals surface area contributed by atoms with Gasteiger partial charge in [0.05, 0.1) is 17.2 Å². The van der Waals surface area contributed by atoms with E-state index in [0.717, 1.165) is 12.8 Å². The number of hydrogen-bond acceptors (Lipinski definition) is 7. The average molecular weight is 296 g/mol. The molecule has 8 heteroatoms. The Morgan fingerprint density at radius 1 is 1.48 bits per heavy atom. The molecule has 116 valence electrons. The number of aryl methyl sites for hydroxylation is 1. The first-order valence-corrected chi connectivity index (χ1v) is 6.79. The van der Waals surface area contributed by atoms with Crippen molar-refractivity contribution in [3.63, 3.8) is 0 Å². The lowest BCUT2D eigenvalue weighted by molar-refractivity contribution is -0.383. The van der Waals surface area contributed by atoms with E-state index in [-0.39, 0.29) is 29.4 Å². The van der Waals surface area contributed by atoms with E-state index < -0.39 is 10.9 Å². The molecule has 21 heavy (non-hydrogen) atoms. The van der Waals surface area contributed by atoms with Crippen LogP contribution in [0.3, 0.4) is 0 Å². The van der Waals surface area contributed by atoms with Crippen molar-refractivity contribution in [3.8, 4) is 0 Å². The molecule has 0 saturated carbocycles. The number of aromatic nitrogens is 1. The van der Waals surface area contributed by atoms with Crippen LogP contribution in [-0.4, -0.2) is 29.0 Å². The number of ether oxygens (including phenoxy) is 1. The van der Waals surface area contributed by atoms with Crippen LogP contribution in [0.4, 0.5) is 17.2 Å². The molecule has 1 aromatic rings. The number of nitrogen functional groups attached to an aromatic ring is 1. The Morgan fingerprint density at radius 3 is 2.67 bits per heavy atom. The third-order valence-electron chi connectivity index (χ3n) is 2.87. The molecule has 0 fully saturated rings. The largest absolute Gasteiger partial charge is 0.462 e. The van der Waals surface area contributed by atoms with Crippen molar-refractivity contribution in [2.45, 2.75) is 33.6 Å². The smallest absolute Gasteiger partial charge is 0.342 e. The lowest BCUT2D eigenvalue weighted by Gasteiger charge is -2.12. The number of carbonyl (C=O) groups excluding carboxylic acids is 1. The van der Waals surface area contributed by atoms with Crippen molar-refractivity contribution in [1.29, 1.82) is 0 Å². The first-order valence-electron chi connectivity index (χ1n) is 6.79. The molecule has 0 atom stereocenters. The monoisotopic (exact) mass is 296 g/mol. The molecule has 0 amide bonds. The number of nitrogens with zero attached hydrogens (tertiary/aromatic N) is 2. The van der Waals surface area contributed by atoms with Crippen LogP contribution in [0.2, 0.25) is 0 Å². The first kappa shape index (κ1) is 16.7. The predicted molar refractivity (Wildman–Crippen MR) is 79.4 cm³/mol. The average Bonchev–Trinajstić information content (AvgIpc) is 2.38. The Morgan fingerprint density at radius 2 is 2.14 bits per heavy atom. The second-order valence-corrected chi connectivity index (χ2v) is 4.44. The molecule has 8 nitrogen and oxygen atoms in total.